The van der Waals surface area contributed by atoms with Crippen molar-refractivity contribution in [2.24, 2.45) is 5.92 Å². The van der Waals surface area contributed by atoms with Crippen LogP contribution in [0.25, 0.3) is 0 Å². The zero-order chi connectivity index (χ0) is 14.7. The van der Waals surface area contributed by atoms with E-state index in [0.29, 0.717) is 18.9 Å². The van der Waals surface area contributed by atoms with Gasteiger partial charge in [-0.1, -0.05) is 6.07 Å². The first-order valence-corrected chi connectivity index (χ1v) is 8.01. The molecule has 0 spiro atoms. The van der Waals surface area contributed by atoms with Gasteiger partial charge in [-0.3, -0.25) is 4.79 Å². The highest BCUT2D eigenvalue weighted by atomic mass is 16.3. The number of carbonyl (C=O) groups excluding carboxylic acids is 1. The minimum atomic E-state index is 0.266. The van der Waals surface area contributed by atoms with E-state index in [1.165, 1.54) is 18.4 Å². The fourth-order valence-electron chi connectivity index (χ4n) is 3.41. The lowest BCUT2D eigenvalue weighted by atomic mass is 9.92. The molecular weight excluding hydrogens is 264 g/mol. The zero-order valence-electron chi connectivity index (χ0n) is 12.5. The molecule has 1 aromatic rings. The largest absolute Gasteiger partial charge is 0.508 e. The predicted octanol–water partition coefficient (Wildman–Crippen LogP) is 2.06. The Morgan fingerprint density at radius 1 is 1.29 bits per heavy atom. The predicted molar refractivity (Wildman–Crippen MR) is 82.1 cm³/mol. The van der Waals surface area contributed by atoms with Gasteiger partial charge in [0.1, 0.15) is 5.75 Å². The highest BCUT2D eigenvalue weighted by molar-refractivity contribution is 5.76. The fraction of sp³-hybridized carbons (Fsp3) is 0.588. The zero-order valence-corrected chi connectivity index (χ0v) is 12.5. The molecule has 2 aliphatic rings. The van der Waals surface area contributed by atoms with Crippen molar-refractivity contribution in [3.8, 4) is 5.75 Å². The minimum absolute atomic E-state index is 0.266. The highest BCUT2D eigenvalue weighted by Gasteiger charge is 2.22. The van der Waals surface area contributed by atoms with Gasteiger partial charge in [0.05, 0.1) is 0 Å². The van der Waals surface area contributed by atoms with Crippen LogP contribution in [0.15, 0.2) is 18.2 Å². The van der Waals surface area contributed by atoms with Crippen LogP contribution in [0.4, 0.5) is 0 Å². The van der Waals surface area contributed by atoms with Gasteiger partial charge < -0.3 is 15.3 Å². The van der Waals surface area contributed by atoms with Gasteiger partial charge in [-0.25, -0.2) is 0 Å². The number of carbonyl (C=O) groups is 1. The number of piperidine rings is 1. The molecule has 4 nitrogen and oxygen atoms in total. The molecule has 0 radical (unpaired) electrons. The first kappa shape index (κ1) is 14.4. The maximum absolute atomic E-state index is 12.4. The standard InChI is InChI=1S/C17H24N2O2/c20-16-3-2-14-7-10-19(12-15(14)11-16)17(21)4-1-13-5-8-18-9-6-13/h2-3,11,13,18,20H,1,4-10,12H2. The van der Waals surface area contributed by atoms with E-state index in [1.54, 1.807) is 12.1 Å². The molecule has 0 saturated carbocycles. The van der Waals surface area contributed by atoms with Crippen molar-refractivity contribution in [3.05, 3.63) is 29.3 Å². The van der Waals surface area contributed by atoms with Gasteiger partial charge in [-0.15, -0.1) is 0 Å². The molecule has 1 fully saturated rings. The van der Waals surface area contributed by atoms with Crippen LogP contribution in [-0.2, 0) is 17.8 Å². The Kier molecular flexibility index (Phi) is 4.44. The lowest BCUT2D eigenvalue weighted by Crippen LogP contribution is -2.36. The van der Waals surface area contributed by atoms with Gasteiger partial charge in [0.2, 0.25) is 5.91 Å². The quantitative estimate of drug-likeness (QED) is 0.895. The molecule has 1 amide bonds. The number of benzene rings is 1. The molecule has 4 heteroatoms. The molecule has 114 valence electrons. The maximum atomic E-state index is 12.4. The second-order valence-electron chi connectivity index (χ2n) is 6.25. The Morgan fingerprint density at radius 3 is 2.90 bits per heavy atom. The lowest BCUT2D eigenvalue weighted by Gasteiger charge is -2.30. The molecule has 0 atom stereocenters. The first-order chi connectivity index (χ1) is 10.2. The summed E-state index contributed by atoms with van der Waals surface area (Å²) >= 11 is 0. The van der Waals surface area contributed by atoms with Gasteiger partial charge in [0.15, 0.2) is 0 Å². The van der Waals surface area contributed by atoms with Crippen molar-refractivity contribution in [1.82, 2.24) is 10.2 Å². The Balaban J connectivity index is 1.54. The molecule has 1 aromatic carbocycles. The number of phenols is 1. The van der Waals surface area contributed by atoms with E-state index in [0.717, 1.165) is 38.0 Å². The summed E-state index contributed by atoms with van der Waals surface area (Å²) in [7, 11) is 0. The van der Waals surface area contributed by atoms with E-state index in [9.17, 15) is 9.90 Å². The van der Waals surface area contributed by atoms with Crippen LogP contribution in [0.1, 0.15) is 36.8 Å². The average Bonchev–Trinajstić information content (AvgIpc) is 2.53. The number of amides is 1. The lowest BCUT2D eigenvalue weighted by molar-refractivity contribution is -0.132. The van der Waals surface area contributed by atoms with E-state index < -0.39 is 0 Å². The van der Waals surface area contributed by atoms with Crippen molar-refractivity contribution in [1.29, 1.82) is 0 Å². The van der Waals surface area contributed by atoms with Crippen LogP contribution >= 0.6 is 0 Å². The molecule has 2 N–H and O–H groups in total. The molecular formula is C17H24N2O2. The third kappa shape index (κ3) is 3.56. The van der Waals surface area contributed by atoms with Crippen molar-refractivity contribution in [2.45, 2.75) is 38.6 Å². The number of nitrogens with zero attached hydrogens (tertiary/aromatic N) is 1. The summed E-state index contributed by atoms with van der Waals surface area (Å²) in [6.45, 7) is 3.64. The van der Waals surface area contributed by atoms with Crippen LogP contribution in [0, 0.1) is 5.92 Å². The molecule has 2 aliphatic heterocycles. The molecule has 0 unspecified atom stereocenters. The summed E-state index contributed by atoms with van der Waals surface area (Å²) < 4.78 is 0. The van der Waals surface area contributed by atoms with Gasteiger partial charge >= 0.3 is 0 Å². The normalized spacial score (nSPS) is 19.3. The summed E-state index contributed by atoms with van der Waals surface area (Å²) in [5.74, 6) is 1.26. The summed E-state index contributed by atoms with van der Waals surface area (Å²) in [6, 6.07) is 5.50. The summed E-state index contributed by atoms with van der Waals surface area (Å²) in [5.41, 5.74) is 2.35. The Bertz CT molecular complexity index is 510. The van der Waals surface area contributed by atoms with Crippen molar-refractivity contribution < 1.29 is 9.90 Å². The highest BCUT2D eigenvalue weighted by Crippen LogP contribution is 2.24. The Morgan fingerprint density at radius 2 is 2.10 bits per heavy atom. The molecule has 0 aromatic heterocycles. The number of nitrogens with one attached hydrogen (secondary N) is 1. The van der Waals surface area contributed by atoms with Crippen molar-refractivity contribution in [2.75, 3.05) is 19.6 Å². The van der Waals surface area contributed by atoms with Crippen LogP contribution in [0.5, 0.6) is 5.75 Å². The second kappa shape index (κ2) is 6.48. The topological polar surface area (TPSA) is 52.6 Å². The minimum Gasteiger partial charge on any atom is -0.508 e. The third-order valence-electron chi connectivity index (χ3n) is 4.78. The summed E-state index contributed by atoms with van der Waals surface area (Å²) in [5, 5.41) is 12.9. The number of fused-ring (bicyclic) bond motifs is 1. The van der Waals surface area contributed by atoms with Crippen LogP contribution in [-0.4, -0.2) is 35.5 Å². The molecule has 21 heavy (non-hydrogen) atoms. The van der Waals surface area contributed by atoms with E-state index in [1.807, 2.05) is 11.0 Å². The van der Waals surface area contributed by atoms with E-state index >= 15 is 0 Å². The first-order valence-electron chi connectivity index (χ1n) is 8.01. The third-order valence-corrected chi connectivity index (χ3v) is 4.78. The van der Waals surface area contributed by atoms with Crippen LogP contribution in [0.2, 0.25) is 0 Å². The van der Waals surface area contributed by atoms with Gasteiger partial charge in [0, 0.05) is 19.5 Å². The average molecular weight is 288 g/mol. The van der Waals surface area contributed by atoms with Crippen LogP contribution < -0.4 is 5.32 Å². The smallest absolute Gasteiger partial charge is 0.222 e. The van der Waals surface area contributed by atoms with Gasteiger partial charge in [-0.2, -0.15) is 0 Å². The maximum Gasteiger partial charge on any atom is 0.222 e. The molecule has 2 heterocycles. The molecule has 0 aliphatic carbocycles. The number of rotatable bonds is 3. The van der Waals surface area contributed by atoms with Gasteiger partial charge in [-0.05, 0) is 68.0 Å². The molecule has 1 saturated heterocycles. The van der Waals surface area contributed by atoms with E-state index in [-0.39, 0.29) is 11.7 Å². The summed E-state index contributed by atoms with van der Waals surface area (Å²) in [6.07, 6.45) is 4.98. The van der Waals surface area contributed by atoms with E-state index in [2.05, 4.69) is 5.32 Å². The van der Waals surface area contributed by atoms with Crippen molar-refractivity contribution in [3.63, 3.8) is 0 Å². The van der Waals surface area contributed by atoms with Gasteiger partial charge in [0.25, 0.3) is 0 Å². The Hall–Kier alpha value is -1.55. The SMILES string of the molecule is O=C(CCC1CCNCC1)N1CCc2ccc(O)cc2C1. The van der Waals surface area contributed by atoms with Crippen LogP contribution in [0.3, 0.4) is 0 Å². The number of phenolic OH excluding ortho intramolecular Hbond substituents is 1. The molecule has 3 rings (SSSR count). The fourth-order valence-corrected chi connectivity index (χ4v) is 3.41. The number of aromatic hydroxyl groups is 1. The molecule has 0 bridgehead atoms. The Labute approximate surface area is 126 Å². The monoisotopic (exact) mass is 288 g/mol. The summed E-state index contributed by atoms with van der Waals surface area (Å²) in [4.78, 5) is 14.3. The van der Waals surface area contributed by atoms with E-state index in [4.69, 9.17) is 0 Å². The number of hydrogen-bond acceptors (Lipinski definition) is 3. The van der Waals surface area contributed by atoms with Crippen molar-refractivity contribution >= 4 is 5.91 Å². The number of hydrogen-bond donors (Lipinski definition) is 2. The second-order valence-corrected chi connectivity index (χ2v) is 6.25.